The van der Waals surface area contributed by atoms with Crippen LogP contribution in [0.5, 0.6) is 0 Å². The van der Waals surface area contributed by atoms with E-state index >= 15 is 0 Å². The van der Waals surface area contributed by atoms with Crippen molar-refractivity contribution in [1.82, 2.24) is 10.6 Å². The summed E-state index contributed by atoms with van der Waals surface area (Å²) >= 11 is 0. The Labute approximate surface area is 258 Å². The Bertz CT molecular complexity index is 1500. The number of rotatable bonds is 4. The second-order valence-corrected chi connectivity index (χ2v) is 14.5. The van der Waals surface area contributed by atoms with Crippen LogP contribution in [0.15, 0.2) is 36.3 Å². The number of anilines is 2. The van der Waals surface area contributed by atoms with E-state index in [1.54, 1.807) is 13.8 Å². The first-order valence-electron chi connectivity index (χ1n) is 14.3. The molecule has 2 amide bonds. The van der Waals surface area contributed by atoms with Gasteiger partial charge in [0.1, 0.15) is 17.4 Å². The summed E-state index contributed by atoms with van der Waals surface area (Å²) < 4.78 is 57.0. The van der Waals surface area contributed by atoms with Gasteiger partial charge in [-0.05, 0) is 50.1 Å². The zero-order chi connectivity index (χ0) is 38.0. The van der Waals surface area contributed by atoms with Gasteiger partial charge in [-0.3, -0.25) is 19.2 Å². The van der Waals surface area contributed by atoms with Crippen LogP contribution in [0.3, 0.4) is 0 Å². The number of nitrogens with zero attached hydrogens (tertiary/aromatic N) is 2. The standard InChI is InChI=1S/C12H14FN3O.C8H9FN2O.C4H9NSi.C3H6O.C2H4O2/c1-12(2,15-4)16-8-5-6-9(10(13)7-8)11(17)14-3;1-11-8(12)6-3-2-5(10)4-7(6)9;1-6(2,3)4-5;1-3(2)4;1-2(3)4/h5-7,16H,1-3H3,(H,14,17);2-4H,10H2,1H3,(H,11,12);1-3H3;1-2H3;1H3,(H,3,4)/i5D,7D;2D,4D;;;. The lowest BCUT2D eigenvalue weighted by atomic mass is 10.1. The van der Waals surface area contributed by atoms with Crippen LogP contribution in [-0.2, 0) is 9.59 Å². The molecule has 0 saturated carbocycles. The van der Waals surface area contributed by atoms with Crippen molar-refractivity contribution in [3.63, 3.8) is 0 Å². The number of carboxylic acid groups (broad SMARTS) is 1. The average Bonchev–Trinajstić information content (AvgIpc) is 2.96. The van der Waals surface area contributed by atoms with Crippen LogP contribution in [0.2, 0.25) is 19.6 Å². The first-order chi connectivity index (χ1) is 21.2. The minimum absolute atomic E-state index is 0.105. The summed E-state index contributed by atoms with van der Waals surface area (Å²) in [6, 6.07) is 0.395. The Morgan fingerprint density at radius 1 is 1.00 bits per heavy atom. The molecule has 0 radical (unpaired) electrons. The third-order valence-electron chi connectivity index (χ3n) is 3.67. The van der Waals surface area contributed by atoms with Gasteiger partial charge in [0.2, 0.25) is 0 Å². The van der Waals surface area contributed by atoms with Crippen molar-refractivity contribution in [2.24, 2.45) is 0 Å². The Balaban J connectivity index is -0.000000600. The first kappa shape index (κ1) is 34.4. The number of halogens is 2. The summed E-state index contributed by atoms with van der Waals surface area (Å²) in [5.74, 6) is -4.06. The van der Waals surface area contributed by atoms with Crippen molar-refractivity contribution in [2.45, 2.75) is 59.9 Å². The molecule has 43 heavy (non-hydrogen) atoms. The van der Waals surface area contributed by atoms with Gasteiger partial charge in [-0.15, -0.1) is 0 Å². The number of ketones is 1. The number of nitrogens with one attached hydrogen (secondary N) is 3. The quantitative estimate of drug-likeness (QED) is 0.177. The van der Waals surface area contributed by atoms with E-state index in [0.717, 1.165) is 19.1 Å². The molecule has 0 unspecified atom stereocenters. The fourth-order valence-electron chi connectivity index (χ4n) is 1.86. The third kappa shape index (κ3) is 23.6. The van der Waals surface area contributed by atoms with Crippen molar-refractivity contribution < 1.29 is 38.5 Å². The molecule has 0 aromatic heterocycles. The zero-order valence-electron chi connectivity index (χ0n) is 30.0. The summed E-state index contributed by atoms with van der Waals surface area (Å²) in [5, 5.41) is 22.7. The number of amides is 2. The molecule has 11 nitrogen and oxygen atoms in total. The maximum Gasteiger partial charge on any atom is 0.300 e. The molecule has 236 valence electrons. The molecular weight excluding hydrogens is 578 g/mol. The molecule has 2 aromatic carbocycles. The van der Waals surface area contributed by atoms with Crippen molar-refractivity contribution in [3.8, 4) is 5.69 Å². The third-order valence-corrected chi connectivity index (χ3v) is 4.34. The second kappa shape index (κ2) is 21.0. The number of hydrogen-bond acceptors (Lipinski definition) is 7. The average molecular weight is 625 g/mol. The summed E-state index contributed by atoms with van der Waals surface area (Å²) in [5.41, 5.74) is 5.36. The van der Waals surface area contributed by atoms with Gasteiger partial charge in [0, 0.05) is 51.9 Å². The maximum absolute atomic E-state index is 13.9. The number of Topliss-reactive ketones (excluding diaryl/α,β-unsaturated/α-hetero) is 1. The molecule has 0 aliphatic rings. The lowest BCUT2D eigenvalue weighted by Crippen LogP contribution is -2.26. The van der Waals surface area contributed by atoms with Crippen LogP contribution < -0.4 is 21.7 Å². The topological polar surface area (TPSA) is 179 Å². The van der Waals surface area contributed by atoms with Crippen molar-refractivity contribution >= 4 is 43.0 Å². The maximum atomic E-state index is 13.9. The zero-order valence-corrected chi connectivity index (χ0v) is 27.0. The summed E-state index contributed by atoms with van der Waals surface area (Å²) in [6.07, 6.45) is 0. The van der Waals surface area contributed by atoms with Crippen molar-refractivity contribution in [2.75, 3.05) is 25.1 Å². The number of hydrogen-bond donors (Lipinski definition) is 5. The molecular formula is C29H42F2N6O5Si. The number of nitrogens with two attached hydrogens (primary N) is 1. The van der Waals surface area contributed by atoms with Gasteiger partial charge in [0.25, 0.3) is 23.4 Å². The fraction of sp³-hybridized carbons (Fsp3) is 0.379. The summed E-state index contributed by atoms with van der Waals surface area (Å²) in [7, 11) is 1.35. The lowest BCUT2D eigenvalue weighted by Gasteiger charge is -2.15. The predicted molar refractivity (Wildman–Crippen MR) is 167 cm³/mol. The van der Waals surface area contributed by atoms with E-state index in [4.69, 9.17) is 33.0 Å². The van der Waals surface area contributed by atoms with E-state index < -0.39 is 55.2 Å². The molecule has 2 aromatic rings. The molecule has 2 rings (SSSR count). The highest BCUT2D eigenvalue weighted by Crippen LogP contribution is 2.19. The molecule has 14 heteroatoms. The second-order valence-electron chi connectivity index (χ2n) is 9.81. The number of nitrogen functional groups attached to an aromatic ring is 1. The molecule has 0 bridgehead atoms. The Hall–Kier alpha value is -4.82. The molecule has 0 aliphatic heterocycles. The smallest absolute Gasteiger partial charge is 0.300 e. The molecule has 0 heterocycles. The number of benzene rings is 2. The van der Waals surface area contributed by atoms with E-state index in [1.165, 1.54) is 27.9 Å². The highest BCUT2D eigenvalue weighted by molar-refractivity contribution is 6.83. The van der Waals surface area contributed by atoms with Gasteiger partial charge in [-0.1, -0.05) is 19.6 Å². The van der Waals surface area contributed by atoms with E-state index in [9.17, 15) is 23.2 Å². The fourth-order valence-corrected chi connectivity index (χ4v) is 1.86. The highest BCUT2D eigenvalue weighted by Gasteiger charge is 2.22. The number of carbonyl (C=O) groups excluding carboxylic acids is 3. The van der Waals surface area contributed by atoms with Gasteiger partial charge in [-0.2, -0.15) is 0 Å². The van der Waals surface area contributed by atoms with Crippen LogP contribution in [0.1, 0.15) is 60.8 Å². The van der Waals surface area contributed by atoms with Crippen LogP contribution in [0.4, 0.5) is 20.2 Å². The van der Waals surface area contributed by atoms with Gasteiger partial charge >= 0.3 is 0 Å². The van der Waals surface area contributed by atoms with E-state index in [0.29, 0.717) is 0 Å². The molecule has 0 fully saturated rings. The predicted octanol–water partition coefficient (Wildman–Crippen LogP) is 5.09. The summed E-state index contributed by atoms with van der Waals surface area (Å²) in [6.45, 7) is 20.3. The Morgan fingerprint density at radius 2 is 1.35 bits per heavy atom. The SMILES string of the molecule is CC(=O)O.CC(C)=O.C[Si](C)(C)C#N.[2H]c1cc(C(=O)NC)c(F)c([2H])c1N.[2H]c1cc(C(=O)NC)c(F)c([2H])c1NC(C)(C)[N+]#[C-]. The van der Waals surface area contributed by atoms with E-state index in [2.05, 4.69) is 26.5 Å². The van der Waals surface area contributed by atoms with Crippen LogP contribution in [0.25, 0.3) is 4.85 Å². The van der Waals surface area contributed by atoms with Crippen LogP contribution in [-0.4, -0.2) is 56.5 Å². The van der Waals surface area contributed by atoms with Crippen molar-refractivity contribution in [1.29, 1.82) is 5.26 Å². The van der Waals surface area contributed by atoms with Gasteiger partial charge in [-0.25, -0.2) is 20.6 Å². The minimum Gasteiger partial charge on any atom is -0.481 e. The first-order valence-corrected chi connectivity index (χ1v) is 15.8. The Morgan fingerprint density at radius 3 is 1.67 bits per heavy atom. The monoisotopic (exact) mass is 624 g/mol. The largest absolute Gasteiger partial charge is 0.481 e. The minimum atomic E-state index is -1.33. The van der Waals surface area contributed by atoms with Crippen LogP contribution >= 0.6 is 0 Å². The normalized spacial score (nSPS) is 10.7. The molecule has 0 atom stereocenters. The number of aliphatic carboxylic acids is 1. The van der Waals surface area contributed by atoms with E-state index in [1.807, 2.05) is 19.6 Å². The lowest BCUT2D eigenvalue weighted by molar-refractivity contribution is -0.134. The molecule has 6 N–H and O–H groups in total. The number of carbonyl (C=O) groups is 4. The van der Waals surface area contributed by atoms with E-state index in [-0.39, 0.29) is 40.4 Å². The molecule has 0 saturated heterocycles. The molecule has 0 aliphatic carbocycles. The highest BCUT2D eigenvalue weighted by atomic mass is 28.3. The van der Waals surface area contributed by atoms with Gasteiger partial charge < -0.3 is 31.6 Å². The van der Waals surface area contributed by atoms with Crippen molar-refractivity contribution in [3.05, 3.63) is 70.5 Å². The number of nitriles is 1. The Kier molecular flexibility index (Phi) is 16.8. The summed E-state index contributed by atoms with van der Waals surface area (Å²) in [4.78, 5) is 44.2. The number of carboxylic acids is 1. The van der Waals surface area contributed by atoms with Gasteiger partial charge in [0.05, 0.1) is 16.6 Å². The van der Waals surface area contributed by atoms with Crippen LogP contribution in [0, 0.1) is 29.2 Å². The van der Waals surface area contributed by atoms with Gasteiger partial charge in [0.15, 0.2) is 8.07 Å². The molecule has 0 spiro atoms.